The van der Waals surface area contributed by atoms with E-state index < -0.39 is 0 Å². The van der Waals surface area contributed by atoms with Crippen molar-refractivity contribution in [3.8, 4) is 0 Å². The number of carbonyl (C=O) groups excluding carboxylic acids is 2. The second-order valence-electron chi connectivity index (χ2n) is 10.8. The maximum atomic E-state index is 12.9. The maximum absolute atomic E-state index is 12.9. The molecule has 1 atom stereocenters. The molecular formula is C30H39N3O2. The summed E-state index contributed by atoms with van der Waals surface area (Å²) in [5.41, 5.74) is 5.65. The molecule has 1 saturated heterocycles. The third kappa shape index (κ3) is 6.32. The highest BCUT2D eigenvalue weighted by Crippen LogP contribution is 2.27. The van der Waals surface area contributed by atoms with Gasteiger partial charge in [-0.2, -0.15) is 0 Å². The van der Waals surface area contributed by atoms with Crippen LogP contribution in [0.4, 0.5) is 5.69 Å². The molecule has 2 aromatic rings. The van der Waals surface area contributed by atoms with E-state index in [2.05, 4.69) is 33.7 Å². The van der Waals surface area contributed by atoms with E-state index in [0.717, 1.165) is 57.2 Å². The molecule has 2 aliphatic carbocycles. The minimum atomic E-state index is -0.0371. The Bertz CT molecular complexity index is 1020. The van der Waals surface area contributed by atoms with E-state index in [-0.39, 0.29) is 23.8 Å². The fourth-order valence-electron chi connectivity index (χ4n) is 5.99. The summed E-state index contributed by atoms with van der Waals surface area (Å²) in [6.45, 7) is 3.50. The summed E-state index contributed by atoms with van der Waals surface area (Å²) in [4.78, 5) is 27.8. The second kappa shape index (κ2) is 11.4. The molecule has 5 nitrogen and oxygen atoms in total. The zero-order chi connectivity index (χ0) is 24.0. The molecule has 5 rings (SSSR count). The van der Waals surface area contributed by atoms with Crippen LogP contribution >= 0.6 is 0 Å². The van der Waals surface area contributed by atoms with Crippen LogP contribution in [0.15, 0.2) is 42.5 Å². The van der Waals surface area contributed by atoms with Gasteiger partial charge in [0.1, 0.15) is 0 Å². The third-order valence-electron chi connectivity index (χ3n) is 8.08. The standard InChI is InChI=1S/C30H39N3O2/c34-29(23-7-3-4-8-23)31-27-14-11-24(12-15-27)30(35)32-28-16-13-25-19-22(9-10-26(25)20-28)21-33-17-5-1-2-6-18-33/h9-12,14-15,19,23,28H,1-8,13,16-18,20-21H2,(H,31,34)(H,32,35). The molecule has 5 heteroatoms. The van der Waals surface area contributed by atoms with Crippen molar-refractivity contribution in [2.45, 2.75) is 83.2 Å². The van der Waals surface area contributed by atoms with Gasteiger partial charge in [-0.3, -0.25) is 14.5 Å². The number of nitrogens with one attached hydrogen (secondary N) is 2. The quantitative estimate of drug-likeness (QED) is 0.584. The zero-order valence-electron chi connectivity index (χ0n) is 20.9. The predicted molar refractivity (Wildman–Crippen MR) is 140 cm³/mol. The predicted octanol–water partition coefficient (Wildman–Crippen LogP) is 5.48. The lowest BCUT2D eigenvalue weighted by molar-refractivity contribution is -0.119. The number of hydrogen-bond acceptors (Lipinski definition) is 3. The number of aryl methyl sites for hydroxylation is 1. The van der Waals surface area contributed by atoms with Crippen LogP contribution in [0.3, 0.4) is 0 Å². The van der Waals surface area contributed by atoms with Gasteiger partial charge >= 0.3 is 0 Å². The largest absolute Gasteiger partial charge is 0.349 e. The van der Waals surface area contributed by atoms with Gasteiger partial charge < -0.3 is 10.6 Å². The van der Waals surface area contributed by atoms with Crippen molar-refractivity contribution in [1.82, 2.24) is 10.2 Å². The number of nitrogens with zero attached hydrogens (tertiary/aromatic N) is 1. The minimum absolute atomic E-state index is 0.0371. The highest BCUT2D eigenvalue weighted by molar-refractivity contribution is 5.96. The number of amides is 2. The van der Waals surface area contributed by atoms with Crippen molar-refractivity contribution in [1.29, 1.82) is 0 Å². The molecule has 1 aliphatic heterocycles. The first-order chi connectivity index (χ1) is 17.1. The molecule has 186 valence electrons. The van der Waals surface area contributed by atoms with E-state index in [9.17, 15) is 9.59 Å². The SMILES string of the molecule is O=C(NC1CCc2cc(CN3CCCCCC3)ccc2C1)c1ccc(NC(=O)C2CCCC2)cc1. The number of anilines is 1. The average molecular weight is 474 g/mol. The van der Waals surface area contributed by atoms with Crippen molar-refractivity contribution in [2.24, 2.45) is 5.92 Å². The van der Waals surface area contributed by atoms with Crippen LogP contribution in [0.25, 0.3) is 0 Å². The van der Waals surface area contributed by atoms with Gasteiger partial charge in [0.25, 0.3) is 5.91 Å². The van der Waals surface area contributed by atoms with Crippen LogP contribution in [-0.2, 0) is 24.2 Å². The van der Waals surface area contributed by atoms with E-state index in [0.29, 0.717) is 5.56 Å². The normalized spacial score (nSPS) is 21.2. The summed E-state index contributed by atoms with van der Waals surface area (Å²) < 4.78 is 0. The van der Waals surface area contributed by atoms with Gasteiger partial charge in [-0.05, 0) is 99.0 Å². The van der Waals surface area contributed by atoms with Gasteiger partial charge in [-0.15, -0.1) is 0 Å². The summed E-state index contributed by atoms with van der Waals surface area (Å²) in [6.07, 6.45) is 12.5. The molecule has 1 unspecified atom stereocenters. The van der Waals surface area contributed by atoms with Crippen molar-refractivity contribution < 1.29 is 9.59 Å². The molecule has 0 aromatic heterocycles. The number of rotatable bonds is 6. The molecular weight excluding hydrogens is 434 g/mol. The number of likely N-dealkylation sites (tertiary alicyclic amines) is 1. The van der Waals surface area contributed by atoms with Crippen molar-refractivity contribution in [3.05, 3.63) is 64.7 Å². The first kappa shape index (κ1) is 24.1. The Kier molecular flexibility index (Phi) is 7.82. The van der Waals surface area contributed by atoms with Crippen molar-refractivity contribution in [2.75, 3.05) is 18.4 Å². The Morgan fingerprint density at radius 1 is 0.829 bits per heavy atom. The average Bonchev–Trinajstić information content (AvgIpc) is 3.30. The van der Waals surface area contributed by atoms with E-state index >= 15 is 0 Å². The smallest absolute Gasteiger partial charge is 0.251 e. The summed E-state index contributed by atoms with van der Waals surface area (Å²) in [7, 11) is 0. The minimum Gasteiger partial charge on any atom is -0.349 e. The fraction of sp³-hybridized carbons (Fsp3) is 0.533. The van der Waals surface area contributed by atoms with E-state index in [1.165, 1.54) is 55.5 Å². The van der Waals surface area contributed by atoms with Crippen LogP contribution < -0.4 is 10.6 Å². The Balaban J connectivity index is 1.13. The van der Waals surface area contributed by atoms with Gasteiger partial charge in [0.15, 0.2) is 0 Å². The lowest BCUT2D eigenvalue weighted by Crippen LogP contribution is -2.38. The van der Waals surface area contributed by atoms with Gasteiger partial charge in [0.05, 0.1) is 0 Å². The molecule has 2 amide bonds. The van der Waals surface area contributed by atoms with Gasteiger partial charge in [0, 0.05) is 29.8 Å². The monoisotopic (exact) mass is 473 g/mol. The Hall–Kier alpha value is -2.66. The van der Waals surface area contributed by atoms with Crippen LogP contribution in [-0.4, -0.2) is 35.8 Å². The lowest BCUT2D eigenvalue weighted by atomic mass is 9.87. The molecule has 3 aliphatic rings. The summed E-state index contributed by atoms with van der Waals surface area (Å²) >= 11 is 0. The van der Waals surface area contributed by atoms with Crippen LogP contribution in [0, 0.1) is 5.92 Å². The molecule has 0 spiro atoms. The van der Waals surface area contributed by atoms with Crippen LogP contribution in [0.1, 0.15) is 84.8 Å². The molecule has 2 N–H and O–H groups in total. The van der Waals surface area contributed by atoms with Crippen LogP contribution in [0.2, 0.25) is 0 Å². The van der Waals surface area contributed by atoms with Crippen LogP contribution in [0.5, 0.6) is 0 Å². The highest BCUT2D eigenvalue weighted by atomic mass is 16.2. The summed E-state index contributed by atoms with van der Waals surface area (Å²) in [6, 6.07) is 14.4. The maximum Gasteiger partial charge on any atom is 0.251 e. The number of hydrogen-bond donors (Lipinski definition) is 2. The molecule has 1 saturated carbocycles. The molecule has 0 radical (unpaired) electrons. The second-order valence-corrected chi connectivity index (χ2v) is 10.8. The summed E-state index contributed by atoms with van der Waals surface area (Å²) in [5, 5.41) is 6.24. The Morgan fingerprint density at radius 2 is 1.57 bits per heavy atom. The van der Waals surface area contributed by atoms with E-state index in [4.69, 9.17) is 0 Å². The zero-order valence-corrected chi connectivity index (χ0v) is 20.9. The fourth-order valence-corrected chi connectivity index (χ4v) is 5.99. The molecule has 0 bridgehead atoms. The lowest BCUT2D eigenvalue weighted by Gasteiger charge is -2.27. The Morgan fingerprint density at radius 3 is 2.31 bits per heavy atom. The van der Waals surface area contributed by atoms with Gasteiger partial charge in [-0.1, -0.05) is 43.9 Å². The number of carbonyl (C=O) groups is 2. The molecule has 2 aromatic carbocycles. The van der Waals surface area contributed by atoms with Gasteiger partial charge in [0.2, 0.25) is 5.91 Å². The van der Waals surface area contributed by atoms with Crippen molar-refractivity contribution in [3.63, 3.8) is 0 Å². The van der Waals surface area contributed by atoms with E-state index in [1.807, 2.05) is 24.3 Å². The number of fused-ring (bicyclic) bond motifs is 1. The first-order valence-corrected chi connectivity index (χ1v) is 13.7. The summed E-state index contributed by atoms with van der Waals surface area (Å²) in [5.74, 6) is 0.206. The molecule has 2 fully saturated rings. The first-order valence-electron chi connectivity index (χ1n) is 13.7. The molecule has 35 heavy (non-hydrogen) atoms. The van der Waals surface area contributed by atoms with Gasteiger partial charge in [-0.25, -0.2) is 0 Å². The topological polar surface area (TPSA) is 61.4 Å². The third-order valence-corrected chi connectivity index (χ3v) is 8.08. The highest BCUT2D eigenvalue weighted by Gasteiger charge is 2.23. The van der Waals surface area contributed by atoms with Crippen molar-refractivity contribution >= 4 is 17.5 Å². The Labute approximate surface area is 209 Å². The molecule has 1 heterocycles. The van der Waals surface area contributed by atoms with E-state index in [1.54, 1.807) is 0 Å². The number of benzene rings is 2.